The van der Waals surface area contributed by atoms with Crippen molar-refractivity contribution in [1.29, 1.82) is 0 Å². The predicted octanol–water partition coefficient (Wildman–Crippen LogP) is 4.31. The molecule has 1 fully saturated rings. The van der Waals surface area contributed by atoms with Crippen LogP contribution in [-0.2, 0) is 19.1 Å². The van der Waals surface area contributed by atoms with Gasteiger partial charge in [-0.25, -0.2) is 0 Å². The van der Waals surface area contributed by atoms with Gasteiger partial charge in [0, 0.05) is 59.9 Å². The van der Waals surface area contributed by atoms with E-state index in [1.165, 1.54) is 6.42 Å². The molecule has 0 bridgehead atoms. The number of hydrogen-bond acceptors (Lipinski definition) is 6. The van der Waals surface area contributed by atoms with Crippen molar-refractivity contribution >= 4 is 11.5 Å². The Labute approximate surface area is 193 Å². The third-order valence-corrected chi connectivity index (χ3v) is 7.05. The number of anilines is 1. The Kier molecular flexibility index (Phi) is 4.65. The Bertz CT molecular complexity index is 1400. The molecule has 4 aromatic heterocycles. The molecule has 0 amide bonds. The normalized spacial score (nSPS) is 16.7. The van der Waals surface area contributed by atoms with E-state index in [1.54, 1.807) is 6.92 Å². The van der Waals surface area contributed by atoms with Gasteiger partial charge in [-0.2, -0.15) is 22.8 Å². The van der Waals surface area contributed by atoms with Gasteiger partial charge in [0.05, 0.1) is 12.2 Å². The van der Waals surface area contributed by atoms with Crippen LogP contribution in [0.4, 0.5) is 19.0 Å². The van der Waals surface area contributed by atoms with Crippen LogP contribution in [-0.4, -0.2) is 41.1 Å². The molecular weight excluding hydrogens is 445 g/mol. The quantitative estimate of drug-likeness (QED) is 0.446. The SMILES string of the molecule is Cc1c(N2CCc3ncc(-c4cnn(C5CCC5)c4)cc3C2)nn2c(C(F)(F)F)nnc2c1C. The summed E-state index contributed by atoms with van der Waals surface area (Å²) in [6.45, 7) is 4.73. The number of rotatable bonds is 3. The van der Waals surface area contributed by atoms with E-state index in [-0.39, 0.29) is 5.65 Å². The number of aryl methyl sites for hydroxylation is 1. The molecule has 0 unspecified atom stereocenters. The van der Waals surface area contributed by atoms with Crippen LogP contribution in [0, 0.1) is 13.8 Å². The Morgan fingerprint density at radius 1 is 1.03 bits per heavy atom. The monoisotopic (exact) mass is 468 g/mol. The van der Waals surface area contributed by atoms with E-state index in [1.807, 2.05) is 28.9 Å². The Hall–Kier alpha value is -3.50. The van der Waals surface area contributed by atoms with Gasteiger partial charge in [0.1, 0.15) is 0 Å². The zero-order valence-corrected chi connectivity index (χ0v) is 18.8. The number of nitrogens with zero attached hydrogens (tertiary/aromatic N) is 8. The van der Waals surface area contributed by atoms with Crippen molar-refractivity contribution in [2.75, 3.05) is 11.4 Å². The number of pyridine rings is 1. The summed E-state index contributed by atoms with van der Waals surface area (Å²) in [6.07, 6.45) is 5.44. The van der Waals surface area contributed by atoms with Gasteiger partial charge in [-0.3, -0.25) is 9.67 Å². The fourth-order valence-corrected chi connectivity index (χ4v) is 4.69. The molecular formula is C23H23F3N8. The molecule has 4 aromatic rings. The summed E-state index contributed by atoms with van der Waals surface area (Å²) >= 11 is 0. The Balaban J connectivity index is 1.35. The number of halogens is 3. The fourth-order valence-electron chi connectivity index (χ4n) is 4.69. The maximum atomic E-state index is 13.4. The average Bonchev–Trinajstić information content (AvgIpc) is 3.42. The summed E-state index contributed by atoms with van der Waals surface area (Å²) in [5.74, 6) is -0.610. The lowest BCUT2D eigenvalue weighted by molar-refractivity contribution is -0.146. The summed E-state index contributed by atoms with van der Waals surface area (Å²) in [6, 6.07) is 2.60. The van der Waals surface area contributed by atoms with Gasteiger partial charge >= 0.3 is 6.18 Å². The summed E-state index contributed by atoms with van der Waals surface area (Å²) in [4.78, 5) is 6.69. The first kappa shape index (κ1) is 21.1. The minimum absolute atomic E-state index is 0.124. The third kappa shape index (κ3) is 3.33. The lowest BCUT2D eigenvalue weighted by Crippen LogP contribution is -2.33. The highest BCUT2D eigenvalue weighted by molar-refractivity contribution is 5.64. The van der Waals surface area contributed by atoms with E-state index in [2.05, 4.69) is 37.6 Å². The largest absolute Gasteiger partial charge is 0.453 e. The number of alkyl halides is 3. The fraction of sp³-hybridized carbons (Fsp3) is 0.435. The van der Waals surface area contributed by atoms with E-state index in [4.69, 9.17) is 0 Å². The van der Waals surface area contributed by atoms with E-state index < -0.39 is 12.0 Å². The van der Waals surface area contributed by atoms with Gasteiger partial charge in [-0.1, -0.05) is 0 Å². The molecule has 1 aliphatic heterocycles. The van der Waals surface area contributed by atoms with E-state index in [9.17, 15) is 13.2 Å². The van der Waals surface area contributed by atoms with Crippen molar-refractivity contribution in [2.24, 2.45) is 0 Å². The summed E-state index contributed by atoms with van der Waals surface area (Å²) < 4.78 is 43.2. The molecule has 5 heterocycles. The second kappa shape index (κ2) is 7.51. The van der Waals surface area contributed by atoms with Gasteiger partial charge < -0.3 is 4.90 Å². The van der Waals surface area contributed by atoms with Crippen LogP contribution in [0.15, 0.2) is 24.7 Å². The maximum Gasteiger partial charge on any atom is 0.453 e. The van der Waals surface area contributed by atoms with Crippen LogP contribution >= 0.6 is 0 Å². The molecule has 1 saturated carbocycles. The Morgan fingerprint density at radius 3 is 2.59 bits per heavy atom. The first-order valence-electron chi connectivity index (χ1n) is 11.4. The van der Waals surface area contributed by atoms with Crippen molar-refractivity contribution in [3.8, 4) is 11.1 Å². The highest BCUT2D eigenvalue weighted by Crippen LogP contribution is 2.34. The van der Waals surface area contributed by atoms with Crippen molar-refractivity contribution < 1.29 is 13.2 Å². The molecule has 11 heteroatoms. The second-order valence-electron chi connectivity index (χ2n) is 9.13. The number of fused-ring (bicyclic) bond motifs is 2. The second-order valence-corrected chi connectivity index (χ2v) is 9.13. The molecule has 0 radical (unpaired) electrons. The van der Waals surface area contributed by atoms with Crippen LogP contribution in [0.1, 0.15) is 53.5 Å². The zero-order chi connectivity index (χ0) is 23.6. The van der Waals surface area contributed by atoms with Crippen molar-refractivity contribution in [3.05, 3.63) is 52.9 Å². The summed E-state index contributed by atoms with van der Waals surface area (Å²) in [7, 11) is 0. The molecule has 0 N–H and O–H groups in total. The molecule has 0 aromatic carbocycles. The van der Waals surface area contributed by atoms with Crippen LogP contribution in [0.5, 0.6) is 0 Å². The van der Waals surface area contributed by atoms with E-state index >= 15 is 0 Å². The number of hydrogen-bond donors (Lipinski definition) is 0. The molecule has 176 valence electrons. The highest BCUT2D eigenvalue weighted by atomic mass is 19.4. The molecule has 2 aliphatic rings. The lowest BCUT2D eigenvalue weighted by Gasteiger charge is -2.31. The van der Waals surface area contributed by atoms with Gasteiger partial charge in [0.25, 0.3) is 5.82 Å². The van der Waals surface area contributed by atoms with Gasteiger partial charge in [-0.15, -0.1) is 15.3 Å². The summed E-state index contributed by atoms with van der Waals surface area (Å²) in [5, 5.41) is 15.9. The average molecular weight is 468 g/mol. The first-order valence-corrected chi connectivity index (χ1v) is 11.4. The molecule has 8 nitrogen and oxygen atoms in total. The van der Waals surface area contributed by atoms with Gasteiger partial charge in [0.2, 0.25) is 0 Å². The molecule has 0 saturated heterocycles. The minimum Gasteiger partial charge on any atom is -0.350 e. The third-order valence-electron chi connectivity index (χ3n) is 7.05. The lowest BCUT2D eigenvalue weighted by atomic mass is 9.93. The topological polar surface area (TPSA) is 77.0 Å². The van der Waals surface area contributed by atoms with Crippen molar-refractivity contribution in [3.63, 3.8) is 0 Å². The molecule has 34 heavy (non-hydrogen) atoms. The number of aromatic nitrogens is 7. The van der Waals surface area contributed by atoms with Crippen LogP contribution in [0.25, 0.3) is 16.8 Å². The Morgan fingerprint density at radius 2 is 1.85 bits per heavy atom. The highest BCUT2D eigenvalue weighted by Gasteiger charge is 2.38. The van der Waals surface area contributed by atoms with E-state index in [0.29, 0.717) is 36.9 Å². The zero-order valence-electron chi connectivity index (χ0n) is 18.8. The van der Waals surface area contributed by atoms with Crippen molar-refractivity contribution in [2.45, 2.75) is 58.3 Å². The van der Waals surface area contributed by atoms with Gasteiger partial charge in [-0.05, 0) is 44.7 Å². The van der Waals surface area contributed by atoms with Crippen LogP contribution < -0.4 is 4.90 Å². The standard InChI is InChI=1S/C23H23F3N8/c1-13-14(2)21(31-34-20(13)29-30-22(34)23(24,25)26)32-7-6-19-16(11-32)8-15(9-27-19)17-10-28-33(12-17)18-4-3-5-18/h8-10,12,18H,3-7,11H2,1-2H3. The maximum absolute atomic E-state index is 13.4. The smallest absolute Gasteiger partial charge is 0.350 e. The first-order chi connectivity index (χ1) is 16.3. The molecule has 1 aliphatic carbocycles. The van der Waals surface area contributed by atoms with Gasteiger partial charge in [0.15, 0.2) is 11.5 Å². The minimum atomic E-state index is -4.64. The molecule has 0 atom stereocenters. The van der Waals surface area contributed by atoms with E-state index in [0.717, 1.165) is 45.3 Å². The molecule has 0 spiro atoms. The predicted molar refractivity (Wildman–Crippen MR) is 118 cm³/mol. The van der Waals surface area contributed by atoms with Crippen molar-refractivity contribution in [1.82, 2.24) is 34.6 Å². The summed E-state index contributed by atoms with van der Waals surface area (Å²) in [5.41, 5.74) is 5.60. The van der Waals surface area contributed by atoms with Crippen LogP contribution in [0.2, 0.25) is 0 Å². The van der Waals surface area contributed by atoms with Crippen LogP contribution in [0.3, 0.4) is 0 Å². The molecule has 6 rings (SSSR count).